The number of alkyl carbamates (subject to hydrolysis) is 1. The van der Waals surface area contributed by atoms with E-state index in [0.29, 0.717) is 38.1 Å². The zero-order chi connectivity index (χ0) is 35.5. The van der Waals surface area contributed by atoms with E-state index in [-0.39, 0.29) is 36.7 Å². The highest BCUT2D eigenvalue weighted by molar-refractivity contribution is 7.09. The van der Waals surface area contributed by atoms with E-state index in [2.05, 4.69) is 34.8 Å². The molecule has 2 aromatic heterocycles. The molecule has 1 saturated carbocycles. The molecule has 1 fully saturated rings. The molecule has 10 nitrogen and oxygen atoms in total. The number of hydrogen-bond acceptors (Lipinski definition) is 8. The van der Waals surface area contributed by atoms with Crippen molar-refractivity contribution in [3.8, 4) is 0 Å². The third-order valence-corrected chi connectivity index (χ3v) is 10.6. The zero-order valence-electron chi connectivity index (χ0n) is 29.3. The molecule has 0 radical (unpaired) electrons. The number of carbonyl (C=O) groups is 3. The number of amides is 4. The molecule has 12 heteroatoms. The number of hydrogen-bond donors (Lipinski definition) is 3. The van der Waals surface area contributed by atoms with E-state index in [1.54, 1.807) is 36.9 Å². The molecule has 0 saturated heterocycles. The molecule has 4 amide bonds. The standard InChI is InChI=1S/C38H48N6O4S2/c1-26(2)34-40-31(24-49-34)22-44(32-17-18-32)36(46)43-38(3,4)35(45)41-29(19-27-11-7-5-8-12-27)15-16-30(20-28-13-9-6-10-14-28)42-37(47)48-23-33-21-39-25-50-33/h5-14,21,24-26,29-30,32H,15-20,22-23H2,1-4H3,(H,41,45)(H,42,47)(H,43,46)/t29-,30-/m1/s1. The van der Waals surface area contributed by atoms with E-state index in [1.165, 1.54) is 11.3 Å². The third kappa shape index (κ3) is 11.4. The van der Waals surface area contributed by atoms with Crippen LogP contribution in [0.2, 0.25) is 0 Å². The summed E-state index contributed by atoms with van der Waals surface area (Å²) in [5.74, 6) is 0.0608. The van der Waals surface area contributed by atoms with Gasteiger partial charge in [0.2, 0.25) is 5.91 Å². The second kappa shape index (κ2) is 17.6. The first-order valence-corrected chi connectivity index (χ1v) is 19.0. The van der Waals surface area contributed by atoms with Crippen molar-refractivity contribution in [1.29, 1.82) is 0 Å². The molecule has 2 aromatic carbocycles. The predicted molar refractivity (Wildman–Crippen MR) is 198 cm³/mol. The Balaban J connectivity index is 1.24. The van der Waals surface area contributed by atoms with Gasteiger partial charge in [-0.2, -0.15) is 0 Å². The molecule has 0 bridgehead atoms. The van der Waals surface area contributed by atoms with E-state index in [9.17, 15) is 14.4 Å². The van der Waals surface area contributed by atoms with Crippen LogP contribution in [0.4, 0.5) is 9.59 Å². The molecule has 5 rings (SSSR count). The van der Waals surface area contributed by atoms with Crippen LogP contribution in [-0.2, 0) is 35.5 Å². The van der Waals surface area contributed by atoms with E-state index < -0.39 is 11.6 Å². The lowest BCUT2D eigenvalue weighted by Crippen LogP contribution is -2.59. The fourth-order valence-corrected chi connectivity index (χ4v) is 6.99. The number of urea groups is 1. The summed E-state index contributed by atoms with van der Waals surface area (Å²) in [6.45, 7) is 8.27. The zero-order valence-corrected chi connectivity index (χ0v) is 30.9. The monoisotopic (exact) mass is 716 g/mol. The van der Waals surface area contributed by atoms with Crippen molar-refractivity contribution in [2.45, 2.75) is 109 Å². The Bertz CT molecular complexity index is 1660. The molecule has 2 heterocycles. The number of benzene rings is 2. The fourth-order valence-electron chi connectivity index (χ4n) is 5.66. The Morgan fingerprint density at radius 1 is 0.920 bits per heavy atom. The molecule has 50 heavy (non-hydrogen) atoms. The van der Waals surface area contributed by atoms with Gasteiger partial charge in [0.1, 0.15) is 12.1 Å². The van der Waals surface area contributed by atoms with E-state index in [0.717, 1.165) is 39.5 Å². The van der Waals surface area contributed by atoms with Crippen molar-refractivity contribution < 1.29 is 19.1 Å². The van der Waals surface area contributed by atoms with Crippen molar-refractivity contribution in [2.75, 3.05) is 0 Å². The van der Waals surface area contributed by atoms with E-state index in [4.69, 9.17) is 9.72 Å². The summed E-state index contributed by atoms with van der Waals surface area (Å²) in [6, 6.07) is 19.4. The van der Waals surface area contributed by atoms with Crippen molar-refractivity contribution in [2.24, 2.45) is 0 Å². The van der Waals surface area contributed by atoms with Gasteiger partial charge < -0.3 is 25.6 Å². The first-order valence-electron chi connectivity index (χ1n) is 17.3. The van der Waals surface area contributed by atoms with Gasteiger partial charge >= 0.3 is 12.1 Å². The maximum atomic E-state index is 13.9. The molecule has 1 aliphatic carbocycles. The van der Waals surface area contributed by atoms with E-state index in [1.807, 2.05) is 70.9 Å². The smallest absolute Gasteiger partial charge is 0.407 e. The normalized spacial score (nSPS) is 14.1. The van der Waals surface area contributed by atoms with E-state index >= 15 is 0 Å². The molecular formula is C38H48N6O4S2. The Morgan fingerprint density at radius 2 is 1.54 bits per heavy atom. The third-order valence-electron chi connectivity index (χ3n) is 8.63. The van der Waals surface area contributed by atoms with Crippen molar-refractivity contribution >= 4 is 40.7 Å². The molecule has 2 atom stereocenters. The number of carbonyl (C=O) groups excluding carboxylic acids is 3. The minimum absolute atomic E-state index is 0.145. The summed E-state index contributed by atoms with van der Waals surface area (Å²) in [4.78, 5) is 51.9. The number of rotatable bonds is 17. The topological polar surface area (TPSA) is 126 Å². The van der Waals surface area contributed by atoms with Gasteiger partial charge in [-0.25, -0.2) is 14.6 Å². The van der Waals surface area contributed by atoms with Crippen LogP contribution in [0.1, 0.15) is 86.0 Å². The summed E-state index contributed by atoms with van der Waals surface area (Å²) >= 11 is 3.05. The number of nitrogens with zero attached hydrogens (tertiary/aromatic N) is 3. The number of thiazole rings is 2. The summed E-state index contributed by atoms with van der Waals surface area (Å²) in [5, 5.41) is 12.4. The molecular weight excluding hydrogens is 669 g/mol. The van der Waals surface area contributed by atoms with Gasteiger partial charge in [-0.1, -0.05) is 74.5 Å². The van der Waals surface area contributed by atoms with Crippen LogP contribution in [-0.4, -0.2) is 56.6 Å². The van der Waals surface area contributed by atoms with Gasteiger partial charge in [0.05, 0.1) is 27.6 Å². The lowest BCUT2D eigenvalue weighted by Gasteiger charge is -2.32. The first-order chi connectivity index (χ1) is 24.1. The van der Waals surface area contributed by atoms with Crippen LogP contribution in [0.15, 0.2) is 77.8 Å². The largest absolute Gasteiger partial charge is 0.444 e. The van der Waals surface area contributed by atoms with Crippen LogP contribution >= 0.6 is 22.7 Å². The Kier molecular flexibility index (Phi) is 13.0. The number of aromatic nitrogens is 2. The molecule has 266 valence electrons. The minimum Gasteiger partial charge on any atom is -0.444 e. The number of ether oxygens (including phenoxy) is 1. The highest BCUT2D eigenvalue weighted by Gasteiger charge is 2.38. The molecule has 0 unspecified atom stereocenters. The summed E-state index contributed by atoms with van der Waals surface area (Å²) in [6.07, 6.45) is 5.47. The van der Waals surface area contributed by atoms with Crippen LogP contribution in [0.25, 0.3) is 0 Å². The average molecular weight is 717 g/mol. The lowest BCUT2D eigenvalue weighted by atomic mass is 9.95. The highest BCUT2D eigenvalue weighted by Crippen LogP contribution is 2.30. The van der Waals surface area contributed by atoms with Gasteiger partial charge in [0, 0.05) is 35.6 Å². The molecule has 1 aliphatic rings. The highest BCUT2D eigenvalue weighted by atomic mass is 32.1. The van der Waals surface area contributed by atoms with Gasteiger partial charge in [0.25, 0.3) is 0 Å². The Morgan fingerprint density at radius 3 is 2.08 bits per heavy atom. The Hall–Kier alpha value is -4.29. The lowest BCUT2D eigenvalue weighted by molar-refractivity contribution is -0.127. The van der Waals surface area contributed by atoms with Crippen molar-refractivity contribution in [3.63, 3.8) is 0 Å². The van der Waals surface area contributed by atoms with Crippen LogP contribution < -0.4 is 16.0 Å². The van der Waals surface area contributed by atoms with Crippen molar-refractivity contribution in [1.82, 2.24) is 30.8 Å². The van der Waals surface area contributed by atoms with Crippen molar-refractivity contribution in [3.05, 3.63) is 104 Å². The van der Waals surface area contributed by atoms with Gasteiger partial charge in [-0.15, -0.1) is 22.7 Å². The summed E-state index contributed by atoms with van der Waals surface area (Å²) in [5.41, 5.74) is 3.58. The van der Waals surface area contributed by atoms with Crippen LogP contribution in [0, 0.1) is 0 Å². The number of nitrogens with one attached hydrogen (secondary N) is 3. The molecule has 3 N–H and O–H groups in total. The quantitative estimate of drug-likeness (QED) is 0.106. The average Bonchev–Trinajstić information content (AvgIpc) is 3.57. The van der Waals surface area contributed by atoms with Gasteiger partial charge in [-0.05, 0) is 63.5 Å². The second-order valence-electron chi connectivity index (χ2n) is 13.8. The van der Waals surface area contributed by atoms with Gasteiger partial charge in [0.15, 0.2) is 0 Å². The molecule has 0 aliphatic heterocycles. The second-order valence-corrected chi connectivity index (χ2v) is 15.6. The maximum Gasteiger partial charge on any atom is 0.407 e. The fraction of sp³-hybridized carbons (Fsp3) is 0.447. The van der Waals surface area contributed by atoms with Crippen LogP contribution in [0.5, 0.6) is 0 Å². The molecule has 4 aromatic rings. The Labute approximate surface area is 303 Å². The molecule has 0 spiro atoms. The van der Waals surface area contributed by atoms with Gasteiger partial charge in [-0.3, -0.25) is 9.78 Å². The summed E-state index contributed by atoms with van der Waals surface area (Å²) < 4.78 is 5.50. The summed E-state index contributed by atoms with van der Waals surface area (Å²) in [7, 11) is 0. The SMILES string of the molecule is CC(C)c1nc(CN(C(=O)NC(C)(C)C(=O)N[C@H](CC[C@H](Cc2ccccc2)NC(=O)OCc2cncs2)Cc2ccccc2)C2CC2)cs1. The predicted octanol–water partition coefficient (Wildman–Crippen LogP) is 7.22. The van der Waals surface area contributed by atoms with Crippen LogP contribution in [0.3, 0.4) is 0 Å². The maximum absolute atomic E-state index is 13.9. The first kappa shape index (κ1) is 37.0. The minimum atomic E-state index is -1.17.